The van der Waals surface area contributed by atoms with Crippen LogP contribution in [-0.4, -0.2) is 12.8 Å². The molecule has 0 spiro atoms. The lowest BCUT2D eigenvalue weighted by Gasteiger charge is -2.09. The van der Waals surface area contributed by atoms with Gasteiger partial charge in [0.1, 0.15) is 0 Å². The van der Waals surface area contributed by atoms with Gasteiger partial charge in [0.2, 0.25) is 0 Å². The molecule has 0 heterocycles. The Labute approximate surface area is 75.9 Å². The SMILES string of the molecule is C=C(/C(C=NCC)=C/C)C(C)C. The summed E-state index contributed by atoms with van der Waals surface area (Å²) in [6.45, 7) is 13.2. The van der Waals surface area contributed by atoms with Crippen molar-refractivity contribution in [3.8, 4) is 0 Å². The predicted molar refractivity (Wildman–Crippen MR) is 56.8 cm³/mol. The van der Waals surface area contributed by atoms with E-state index in [1.54, 1.807) is 0 Å². The second-order valence-corrected chi connectivity index (χ2v) is 3.05. The Hall–Kier alpha value is -0.850. The highest BCUT2D eigenvalue weighted by Crippen LogP contribution is 2.15. The second-order valence-electron chi connectivity index (χ2n) is 3.05. The molecule has 0 aromatic rings. The van der Waals surface area contributed by atoms with Crippen molar-refractivity contribution >= 4 is 6.21 Å². The molecule has 0 radical (unpaired) electrons. The topological polar surface area (TPSA) is 12.4 Å². The average molecular weight is 165 g/mol. The van der Waals surface area contributed by atoms with Gasteiger partial charge in [-0.15, -0.1) is 0 Å². The van der Waals surface area contributed by atoms with E-state index in [4.69, 9.17) is 0 Å². The van der Waals surface area contributed by atoms with Gasteiger partial charge in [0.05, 0.1) is 0 Å². The first kappa shape index (κ1) is 11.2. The first-order valence-electron chi connectivity index (χ1n) is 4.48. The standard InChI is InChI=1S/C11H19N/c1-6-11(8-12-7-2)10(5)9(3)4/h6,8-9H,5,7H2,1-4H3/b11-6+,12-8?. The van der Waals surface area contributed by atoms with Crippen molar-refractivity contribution in [3.05, 3.63) is 23.8 Å². The molecule has 0 aromatic carbocycles. The molecule has 0 amide bonds. The normalized spacial score (nSPS) is 12.9. The number of aliphatic imine (C=N–C) groups is 1. The van der Waals surface area contributed by atoms with Crippen molar-refractivity contribution in [3.63, 3.8) is 0 Å². The van der Waals surface area contributed by atoms with Gasteiger partial charge in [-0.2, -0.15) is 0 Å². The predicted octanol–water partition coefficient (Wildman–Crippen LogP) is 3.24. The van der Waals surface area contributed by atoms with Gasteiger partial charge >= 0.3 is 0 Å². The Morgan fingerprint density at radius 3 is 2.42 bits per heavy atom. The molecule has 12 heavy (non-hydrogen) atoms. The Kier molecular flexibility index (Phi) is 5.35. The quantitative estimate of drug-likeness (QED) is 0.448. The third-order valence-electron chi connectivity index (χ3n) is 1.79. The summed E-state index contributed by atoms with van der Waals surface area (Å²) < 4.78 is 0. The number of rotatable bonds is 4. The van der Waals surface area contributed by atoms with Gasteiger partial charge < -0.3 is 0 Å². The van der Waals surface area contributed by atoms with Gasteiger partial charge in [-0.3, -0.25) is 4.99 Å². The van der Waals surface area contributed by atoms with Crippen LogP contribution in [-0.2, 0) is 0 Å². The van der Waals surface area contributed by atoms with Crippen LogP contribution in [0.5, 0.6) is 0 Å². The fourth-order valence-electron chi connectivity index (χ4n) is 0.866. The molecule has 0 fully saturated rings. The Morgan fingerprint density at radius 1 is 1.50 bits per heavy atom. The summed E-state index contributed by atoms with van der Waals surface area (Å²) in [7, 11) is 0. The highest BCUT2D eigenvalue weighted by atomic mass is 14.7. The molecular weight excluding hydrogens is 146 g/mol. The fraction of sp³-hybridized carbons (Fsp3) is 0.545. The van der Waals surface area contributed by atoms with Gasteiger partial charge in [-0.05, 0) is 30.9 Å². The van der Waals surface area contributed by atoms with Crippen LogP contribution in [0.25, 0.3) is 0 Å². The van der Waals surface area contributed by atoms with E-state index in [0.29, 0.717) is 5.92 Å². The highest BCUT2D eigenvalue weighted by Gasteiger charge is 2.02. The lowest BCUT2D eigenvalue weighted by molar-refractivity contribution is 0.789. The molecule has 0 unspecified atom stereocenters. The van der Waals surface area contributed by atoms with Crippen LogP contribution in [0.4, 0.5) is 0 Å². The Balaban J connectivity index is 4.38. The van der Waals surface area contributed by atoms with Crippen LogP contribution >= 0.6 is 0 Å². The van der Waals surface area contributed by atoms with Gasteiger partial charge in [-0.1, -0.05) is 26.5 Å². The molecule has 0 atom stereocenters. The maximum Gasteiger partial charge on any atom is 0.0361 e. The monoisotopic (exact) mass is 165 g/mol. The molecule has 0 aliphatic rings. The molecule has 68 valence electrons. The first-order valence-corrected chi connectivity index (χ1v) is 4.48. The van der Waals surface area contributed by atoms with Gasteiger partial charge in [0.15, 0.2) is 0 Å². The molecule has 0 aliphatic carbocycles. The zero-order valence-corrected chi connectivity index (χ0v) is 8.59. The van der Waals surface area contributed by atoms with Crippen molar-refractivity contribution in [1.82, 2.24) is 0 Å². The summed E-state index contributed by atoms with van der Waals surface area (Å²) in [5.74, 6) is 0.500. The average Bonchev–Trinajstić information content (AvgIpc) is 2.05. The third-order valence-corrected chi connectivity index (χ3v) is 1.79. The van der Waals surface area contributed by atoms with Crippen molar-refractivity contribution < 1.29 is 0 Å². The number of allylic oxidation sites excluding steroid dienone is 3. The molecule has 0 rings (SSSR count). The summed E-state index contributed by atoms with van der Waals surface area (Å²) in [5.41, 5.74) is 2.32. The molecule has 0 bridgehead atoms. The molecule has 0 saturated carbocycles. The van der Waals surface area contributed by atoms with Crippen molar-refractivity contribution in [1.29, 1.82) is 0 Å². The minimum absolute atomic E-state index is 0.500. The van der Waals surface area contributed by atoms with Gasteiger partial charge in [-0.25, -0.2) is 0 Å². The van der Waals surface area contributed by atoms with Crippen LogP contribution in [0.1, 0.15) is 27.7 Å². The van der Waals surface area contributed by atoms with Gasteiger partial charge in [0, 0.05) is 12.8 Å². The zero-order chi connectivity index (χ0) is 9.56. The van der Waals surface area contributed by atoms with Crippen molar-refractivity contribution in [2.24, 2.45) is 10.9 Å². The van der Waals surface area contributed by atoms with Crippen LogP contribution in [0.2, 0.25) is 0 Å². The van der Waals surface area contributed by atoms with Crippen molar-refractivity contribution in [2.45, 2.75) is 27.7 Å². The molecule has 0 N–H and O–H groups in total. The Bertz CT molecular complexity index is 197. The van der Waals surface area contributed by atoms with E-state index in [1.165, 1.54) is 0 Å². The zero-order valence-electron chi connectivity index (χ0n) is 8.59. The second kappa shape index (κ2) is 5.76. The van der Waals surface area contributed by atoms with E-state index in [2.05, 4.69) is 31.5 Å². The largest absolute Gasteiger partial charge is 0.293 e. The lowest BCUT2D eigenvalue weighted by Crippen LogP contribution is -1.97. The summed E-state index contributed by atoms with van der Waals surface area (Å²) in [4.78, 5) is 4.19. The van der Waals surface area contributed by atoms with E-state index < -0.39 is 0 Å². The molecule has 0 aliphatic heterocycles. The summed E-state index contributed by atoms with van der Waals surface area (Å²) in [5, 5.41) is 0. The number of hydrogen-bond acceptors (Lipinski definition) is 1. The molecule has 0 saturated heterocycles. The maximum absolute atomic E-state index is 4.19. The third kappa shape index (κ3) is 3.51. The van der Waals surface area contributed by atoms with Gasteiger partial charge in [0.25, 0.3) is 0 Å². The minimum Gasteiger partial charge on any atom is -0.293 e. The Morgan fingerprint density at radius 2 is 2.08 bits per heavy atom. The van der Waals surface area contributed by atoms with Crippen LogP contribution in [0.3, 0.4) is 0 Å². The van der Waals surface area contributed by atoms with E-state index in [-0.39, 0.29) is 0 Å². The lowest BCUT2D eigenvalue weighted by atomic mass is 9.98. The summed E-state index contributed by atoms with van der Waals surface area (Å²) in [6, 6.07) is 0. The van der Waals surface area contributed by atoms with Crippen LogP contribution < -0.4 is 0 Å². The molecular formula is C11H19N. The van der Waals surface area contributed by atoms with Crippen LogP contribution in [0.15, 0.2) is 28.8 Å². The van der Waals surface area contributed by atoms with E-state index in [9.17, 15) is 0 Å². The fourth-order valence-corrected chi connectivity index (χ4v) is 0.866. The van der Waals surface area contributed by atoms with E-state index in [0.717, 1.165) is 17.7 Å². The first-order chi connectivity index (χ1) is 5.63. The van der Waals surface area contributed by atoms with E-state index >= 15 is 0 Å². The molecule has 0 aromatic heterocycles. The smallest absolute Gasteiger partial charge is 0.0361 e. The van der Waals surface area contributed by atoms with Crippen molar-refractivity contribution in [2.75, 3.05) is 6.54 Å². The summed E-state index contributed by atoms with van der Waals surface area (Å²) in [6.07, 6.45) is 3.96. The minimum atomic E-state index is 0.500. The number of hydrogen-bond donors (Lipinski definition) is 0. The molecule has 1 heteroatoms. The molecule has 1 nitrogen and oxygen atoms in total. The maximum atomic E-state index is 4.19. The van der Waals surface area contributed by atoms with Crippen LogP contribution in [0, 0.1) is 5.92 Å². The summed E-state index contributed by atoms with van der Waals surface area (Å²) >= 11 is 0. The number of nitrogens with zero attached hydrogens (tertiary/aromatic N) is 1. The van der Waals surface area contributed by atoms with E-state index in [1.807, 2.05) is 20.1 Å². The highest BCUT2D eigenvalue weighted by molar-refractivity contribution is 5.84.